The molecule has 0 aliphatic carbocycles. The summed E-state index contributed by atoms with van der Waals surface area (Å²) in [5.74, 6) is 0.616. The van der Waals surface area contributed by atoms with Crippen LogP contribution in [0.5, 0.6) is 11.5 Å². The van der Waals surface area contributed by atoms with Gasteiger partial charge in [-0.25, -0.2) is 0 Å². The van der Waals surface area contributed by atoms with Crippen LogP contribution in [0.15, 0.2) is 41.3 Å². The molecule has 1 N–H and O–H groups in total. The number of hydrogen-bond acceptors (Lipinski definition) is 3. The summed E-state index contributed by atoms with van der Waals surface area (Å²) in [7, 11) is 1.87. The first-order valence-corrected chi connectivity index (χ1v) is 9.48. The third-order valence-corrected chi connectivity index (χ3v) is 5.13. The van der Waals surface area contributed by atoms with Gasteiger partial charge in [-0.3, -0.25) is 5.41 Å². The number of ether oxygens (including phenoxy) is 1. The Morgan fingerprint density at radius 3 is 2.48 bits per heavy atom. The maximum atomic E-state index is 12.4. The quantitative estimate of drug-likeness (QED) is 0.368. The van der Waals surface area contributed by atoms with E-state index in [1.165, 1.54) is 0 Å². The van der Waals surface area contributed by atoms with Crippen LogP contribution >= 0.6 is 11.8 Å². The molecule has 0 radical (unpaired) electrons. The van der Waals surface area contributed by atoms with E-state index in [1.807, 2.05) is 44.9 Å². The zero-order chi connectivity index (χ0) is 20.2. The van der Waals surface area contributed by atoms with Crippen LogP contribution in [-0.2, 0) is 0 Å². The average molecular weight is 396 g/mol. The molecule has 2 rings (SSSR count). The summed E-state index contributed by atoms with van der Waals surface area (Å²) in [6.45, 7) is 6.52. The van der Waals surface area contributed by atoms with Crippen molar-refractivity contribution in [3.05, 3.63) is 53.1 Å². The molecule has 0 atom stereocenters. The minimum Gasteiger partial charge on any atom is -0.457 e. The van der Waals surface area contributed by atoms with Crippen molar-refractivity contribution in [2.45, 2.75) is 31.8 Å². The van der Waals surface area contributed by atoms with Crippen LogP contribution in [0.3, 0.4) is 0 Å². The molecule has 0 heterocycles. The first kappa shape index (κ1) is 21.2. The Hall–Kier alpha value is -2.15. The number of alkyl halides is 3. The zero-order valence-electron chi connectivity index (χ0n) is 15.8. The molecule has 0 fully saturated rings. The zero-order valence-corrected chi connectivity index (χ0v) is 16.6. The maximum absolute atomic E-state index is 12.4. The molecule has 0 spiro atoms. The van der Waals surface area contributed by atoms with E-state index >= 15 is 0 Å². The van der Waals surface area contributed by atoms with Gasteiger partial charge in [0, 0.05) is 24.1 Å². The summed E-state index contributed by atoms with van der Waals surface area (Å²) in [6, 6.07) is 10.4. The average Bonchev–Trinajstić information content (AvgIpc) is 2.61. The molecule has 0 aliphatic rings. The highest BCUT2D eigenvalue weighted by Gasteiger charge is 2.27. The lowest BCUT2D eigenvalue weighted by atomic mass is 10.0. The van der Waals surface area contributed by atoms with Crippen molar-refractivity contribution in [1.29, 1.82) is 5.41 Å². The van der Waals surface area contributed by atoms with E-state index in [9.17, 15) is 13.2 Å². The first-order valence-electron chi connectivity index (χ1n) is 8.49. The number of halogens is 3. The lowest BCUT2D eigenvalue weighted by molar-refractivity contribution is -0.105. The van der Waals surface area contributed by atoms with Crippen LogP contribution in [0.2, 0.25) is 0 Å². The van der Waals surface area contributed by atoms with Crippen LogP contribution in [-0.4, -0.2) is 36.3 Å². The van der Waals surface area contributed by atoms with Gasteiger partial charge in [-0.05, 0) is 62.2 Å². The molecule has 3 nitrogen and oxygen atoms in total. The van der Waals surface area contributed by atoms with E-state index in [-0.39, 0.29) is 0 Å². The molecule has 0 unspecified atom stereocenters. The number of thioether (sulfide) groups is 1. The van der Waals surface area contributed by atoms with Crippen molar-refractivity contribution in [3.63, 3.8) is 0 Å². The number of nitrogens with zero attached hydrogens (tertiary/aromatic N) is 1. The van der Waals surface area contributed by atoms with Crippen LogP contribution in [0.1, 0.15) is 23.6 Å². The van der Waals surface area contributed by atoms with E-state index < -0.39 is 11.9 Å². The molecule has 2 aromatic carbocycles. The van der Waals surface area contributed by atoms with Gasteiger partial charge in [0.2, 0.25) is 0 Å². The van der Waals surface area contributed by atoms with Gasteiger partial charge in [0.15, 0.2) is 0 Å². The third-order valence-electron chi connectivity index (χ3n) is 4.07. The van der Waals surface area contributed by atoms with Crippen LogP contribution in [0.4, 0.5) is 13.2 Å². The van der Waals surface area contributed by atoms with Gasteiger partial charge in [0.1, 0.15) is 17.3 Å². The van der Waals surface area contributed by atoms with Crippen molar-refractivity contribution in [3.8, 4) is 11.5 Å². The predicted molar refractivity (Wildman–Crippen MR) is 104 cm³/mol. The number of rotatable bonds is 6. The monoisotopic (exact) mass is 396 g/mol. The maximum Gasteiger partial charge on any atom is 0.398 e. The second-order valence-electron chi connectivity index (χ2n) is 6.28. The highest BCUT2D eigenvalue weighted by molar-refractivity contribution is 7.99. The fraction of sp³-hybridized carbons (Fsp3) is 0.350. The van der Waals surface area contributed by atoms with Crippen molar-refractivity contribution >= 4 is 17.6 Å². The molecule has 7 heteroatoms. The number of nitrogens with one attached hydrogen (secondary N) is 1. The molecule has 0 aromatic heterocycles. The Morgan fingerprint density at radius 1 is 1.15 bits per heavy atom. The largest absolute Gasteiger partial charge is 0.457 e. The van der Waals surface area contributed by atoms with Crippen molar-refractivity contribution in [1.82, 2.24) is 4.90 Å². The van der Waals surface area contributed by atoms with Gasteiger partial charge in [0.05, 0.1) is 5.75 Å². The van der Waals surface area contributed by atoms with Gasteiger partial charge in [-0.15, -0.1) is 11.8 Å². The van der Waals surface area contributed by atoms with Crippen molar-refractivity contribution in [2.24, 2.45) is 0 Å². The molecule has 0 amide bonds. The Morgan fingerprint density at radius 2 is 1.85 bits per heavy atom. The summed E-state index contributed by atoms with van der Waals surface area (Å²) >= 11 is 0.733. The molecule has 2 aromatic rings. The van der Waals surface area contributed by atoms with Crippen LogP contribution < -0.4 is 4.74 Å². The van der Waals surface area contributed by atoms with Gasteiger partial charge >= 0.3 is 6.18 Å². The van der Waals surface area contributed by atoms with Crippen LogP contribution in [0, 0.1) is 19.3 Å². The topological polar surface area (TPSA) is 36.3 Å². The van der Waals surface area contributed by atoms with Crippen molar-refractivity contribution in [2.75, 3.05) is 19.3 Å². The smallest absolute Gasteiger partial charge is 0.398 e. The molecule has 146 valence electrons. The number of benzene rings is 2. The highest BCUT2D eigenvalue weighted by atomic mass is 32.2. The van der Waals surface area contributed by atoms with Gasteiger partial charge in [-0.1, -0.05) is 6.07 Å². The number of hydrogen-bond donors (Lipinski definition) is 1. The first-order chi connectivity index (χ1) is 12.6. The van der Waals surface area contributed by atoms with E-state index in [1.54, 1.807) is 24.3 Å². The molecule has 0 bridgehead atoms. The summed E-state index contributed by atoms with van der Waals surface area (Å²) in [5, 5.41) is 8.28. The SMILES string of the molecule is CCN(C)C(=N)c1cc(C)c(Oc2cccc(SCC(F)(F)F)c2)cc1C. The van der Waals surface area contributed by atoms with E-state index in [0.717, 1.165) is 35.0 Å². The number of amidine groups is 1. The normalized spacial score (nSPS) is 11.4. The fourth-order valence-electron chi connectivity index (χ4n) is 2.44. The molecule has 0 saturated heterocycles. The second-order valence-corrected chi connectivity index (χ2v) is 7.32. The summed E-state index contributed by atoms with van der Waals surface area (Å²) in [4.78, 5) is 2.35. The third kappa shape index (κ3) is 5.92. The molecule has 27 heavy (non-hydrogen) atoms. The predicted octanol–water partition coefficient (Wildman–Crippen LogP) is 6.03. The van der Waals surface area contributed by atoms with Gasteiger partial charge in [-0.2, -0.15) is 13.2 Å². The Kier molecular flexibility index (Phi) is 6.81. The fourth-order valence-corrected chi connectivity index (χ4v) is 3.14. The Labute approximate surface area is 162 Å². The van der Waals surface area contributed by atoms with E-state index in [4.69, 9.17) is 10.1 Å². The lowest BCUT2D eigenvalue weighted by Gasteiger charge is -2.20. The number of aryl methyl sites for hydroxylation is 2. The molecular weight excluding hydrogens is 373 g/mol. The summed E-state index contributed by atoms with van der Waals surface area (Å²) in [5.41, 5.74) is 2.60. The summed E-state index contributed by atoms with van der Waals surface area (Å²) in [6.07, 6.45) is -4.21. The highest BCUT2D eigenvalue weighted by Crippen LogP contribution is 2.32. The van der Waals surface area contributed by atoms with Gasteiger partial charge < -0.3 is 9.64 Å². The minimum absolute atomic E-state index is 0.440. The van der Waals surface area contributed by atoms with E-state index in [2.05, 4.69) is 0 Å². The van der Waals surface area contributed by atoms with Crippen molar-refractivity contribution < 1.29 is 17.9 Å². The Bertz CT molecular complexity index is 821. The Balaban J connectivity index is 2.20. The van der Waals surface area contributed by atoms with Crippen LogP contribution in [0.25, 0.3) is 0 Å². The van der Waals surface area contributed by atoms with Gasteiger partial charge in [0.25, 0.3) is 0 Å². The van der Waals surface area contributed by atoms with E-state index in [0.29, 0.717) is 22.2 Å². The second kappa shape index (κ2) is 8.69. The molecule has 0 saturated carbocycles. The molecule has 0 aliphatic heterocycles. The molecular formula is C20H23F3N2OS. The lowest BCUT2D eigenvalue weighted by Crippen LogP contribution is -2.27. The standard InChI is InChI=1S/C20H23F3N2OS/c1-5-25(4)19(24)17-9-14(3)18(10-13(17)2)26-15-7-6-8-16(11-15)27-12-20(21,22)23/h6-11,24H,5,12H2,1-4H3. The summed E-state index contributed by atoms with van der Waals surface area (Å²) < 4.78 is 43.1. The minimum atomic E-state index is -4.21.